The molecular formula is C13H21N3O2. The molecular weight excluding hydrogens is 230 g/mol. The number of nitrogens with one attached hydrogen (secondary N) is 1. The lowest BCUT2D eigenvalue weighted by Crippen LogP contribution is -2.45. The van der Waals surface area contributed by atoms with Gasteiger partial charge in [0, 0.05) is 32.5 Å². The number of anilines is 1. The minimum atomic E-state index is 0.000272. The van der Waals surface area contributed by atoms with E-state index in [1.807, 2.05) is 13.0 Å². The van der Waals surface area contributed by atoms with Gasteiger partial charge in [-0.3, -0.25) is 0 Å². The fraction of sp³-hybridized carbons (Fsp3) is 0.692. The van der Waals surface area contributed by atoms with Gasteiger partial charge in [0.05, 0.1) is 5.60 Å². The van der Waals surface area contributed by atoms with Gasteiger partial charge in [0.2, 0.25) is 0 Å². The predicted octanol–water partition coefficient (Wildman–Crippen LogP) is 1.91. The molecule has 0 unspecified atom stereocenters. The molecule has 0 aromatic carbocycles. The van der Waals surface area contributed by atoms with Crippen molar-refractivity contribution >= 4 is 5.82 Å². The van der Waals surface area contributed by atoms with E-state index >= 15 is 0 Å². The number of hydrogen-bond donors (Lipinski definition) is 1. The van der Waals surface area contributed by atoms with E-state index in [1.54, 1.807) is 14.2 Å². The summed E-state index contributed by atoms with van der Waals surface area (Å²) >= 11 is 0. The summed E-state index contributed by atoms with van der Waals surface area (Å²) in [6.45, 7) is 3.19. The first kappa shape index (κ1) is 13.2. The van der Waals surface area contributed by atoms with Gasteiger partial charge in [-0.1, -0.05) is 0 Å². The smallest absolute Gasteiger partial charge is 0.156 e. The molecule has 1 aromatic heterocycles. The first-order chi connectivity index (χ1) is 8.67. The zero-order chi connectivity index (χ0) is 13.0. The highest BCUT2D eigenvalue weighted by molar-refractivity contribution is 5.36. The Kier molecular flexibility index (Phi) is 4.14. The van der Waals surface area contributed by atoms with Crippen molar-refractivity contribution in [3.05, 3.63) is 17.6 Å². The third-order valence-corrected chi connectivity index (χ3v) is 3.46. The Morgan fingerprint density at radius 3 is 2.67 bits per heavy atom. The van der Waals surface area contributed by atoms with Gasteiger partial charge in [-0.05, 0) is 26.2 Å². The van der Waals surface area contributed by atoms with Gasteiger partial charge in [-0.25, -0.2) is 9.97 Å². The summed E-state index contributed by atoms with van der Waals surface area (Å²) in [6.07, 6.45) is 3.48. The number of hydrogen-bond acceptors (Lipinski definition) is 5. The van der Waals surface area contributed by atoms with Gasteiger partial charge in [0.1, 0.15) is 12.4 Å². The van der Waals surface area contributed by atoms with E-state index < -0.39 is 0 Å². The summed E-state index contributed by atoms with van der Waals surface area (Å²) in [7, 11) is 3.43. The van der Waals surface area contributed by atoms with Crippen LogP contribution in [0.2, 0.25) is 0 Å². The quantitative estimate of drug-likeness (QED) is 0.837. The Balaban J connectivity index is 2.00. The molecule has 0 aliphatic heterocycles. The first-order valence-electron chi connectivity index (χ1n) is 6.30. The Morgan fingerprint density at radius 2 is 2.11 bits per heavy atom. The standard InChI is InChI=1S/C13H21N3O2/c1-10-7-11(16-12(15-10)8-17-2)14-9-13(18-3)5-4-6-13/h7H,4-6,8-9H2,1-3H3,(H,14,15,16). The van der Waals surface area contributed by atoms with E-state index in [4.69, 9.17) is 9.47 Å². The predicted molar refractivity (Wildman–Crippen MR) is 69.6 cm³/mol. The van der Waals surface area contributed by atoms with Crippen molar-refractivity contribution in [3.8, 4) is 0 Å². The van der Waals surface area contributed by atoms with Crippen LogP contribution in [-0.4, -0.2) is 36.3 Å². The van der Waals surface area contributed by atoms with Crippen molar-refractivity contribution < 1.29 is 9.47 Å². The Morgan fingerprint density at radius 1 is 1.33 bits per heavy atom. The summed E-state index contributed by atoms with van der Waals surface area (Å²) in [5, 5.41) is 3.35. The summed E-state index contributed by atoms with van der Waals surface area (Å²) in [5.74, 6) is 1.55. The molecule has 2 rings (SSSR count). The minimum Gasteiger partial charge on any atom is -0.377 e. The highest BCUT2D eigenvalue weighted by atomic mass is 16.5. The third-order valence-electron chi connectivity index (χ3n) is 3.46. The molecule has 0 bridgehead atoms. The van der Waals surface area contributed by atoms with Gasteiger partial charge in [-0.2, -0.15) is 0 Å². The van der Waals surface area contributed by atoms with Gasteiger partial charge < -0.3 is 14.8 Å². The molecule has 1 aliphatic carbocycles. The normalized spacial score (nSPS) is 17.3. The average Bonchev–Trinajstić information content (AvgIpc) is 2.28. The van der Waals surface area contributed by atoms with E-state index in [-0.39, 0.29) is 5.60 Å². The molecule has 0 spiro atoms. The molecule has 100 valence electrons. The van der Waals surface area contributed by atoms with Crippen LogP contribution in [0.1, 0.15) is 30.8 Å². The molecule has 1 N–H and O–H groups in total. The van der Waals surface area contributed by atoms with Crippen molar-refractivity contribution in [3.63, 3.8) is 0 Å². The molecule has 5 heteroatoms. The minimum absolute atomic E-state index is 0.000272. The van der Waals surface area contributed by atoms with Gasteiger partial charge in [-0.15, -0.1) is 0 Å². The van der Waals surface area contributed by atoms with Gasteiger partial charge in [0.25, 0.3) is 0 Å². The summed E-state index contributed by atoms with van der Waals surface area (Å²) in [6, 6.07) is 1.95. The monoisotopic (exact) mass is 251 g/mol. The van der Waals surface area contributed by atoms with E-state index in [0.29, 0.717) is 12.4 Å². The first-order valence-corrected chi connectivity index (χ1v) is 6.30. The second-order valence-electron chi connectivity index (χ2n) is 4.84. The number of rotatable bonds is 6. The molecule has 0 saturated heterocycles. The Bertz CT molecular complexity index is 400. The highest BCUT2D eigenvalue weighted by Crippen LogP contribution is 2.34. The van der Waals surface area contributed by atoms with Crippen molar-refractivity contribution in [2.45, 2.75) is 38.4 Å². The van der Waals surface area contributed by atoms with Crippen molar-refractivity contribution in [2.24, 2.45) is 0 Å². The van der Waals surface area contributed by atoms with Gasteiger partial charge >= 0.3 is 0 Å². The maximum atomic E-state index is 5.57. The molecule has 1 aliphatic rings. The van der Waals surface area contributed by atoms with E-state index in [1.165, 1.54) is 6.42 Å². The van der Waals surface area contributed by atoms with Crippen molar-refractivity contribution in [1.29, 1.82) is 0 Å². The van der Waals surface area contributed by atoms with Crippen LogP contribution in [0, 0.1) is 6.92 Å². The summed E-state index contributed by atoms with van der Waals surface area (Å²) in [5.41, 5.74) is 0.944. The number of ether oxygens (including phenoxy) is 2. The Hall–Kier alpha value is -1.20. The molecule has 1 saturated carbocycles. The van der Waals surface area contributed by atoms with Crippen LogP contribution in [0.15, 0.2) is 6.07 Å². The molecule has 5 nitrogen and oxygen atoms in total. The largest absolute Gasteiger partial charge is 0.377 e. The van der Waals surface area contributed by atoms with Crippen LogP contribution in [0.3, 0.4) is 0 Å². The number of aryl methyl sites for hydroxylation is 1. The molecule has 1 aromatic rings. The fourth-order valence-corrected chi connectivity index (χ4v) is 2.19. The third kappa shape index (κ3) is 2.97. The van der Waals surface area contributed by atoms with Crippen LogP contribution in [0.4, 0.5) is 5.82 Å². The zero-order valence-electron chi connectivity index (χ0n) is 11.3. The second kappa shape index (κ2) is 5.63. The van der Waals surface area contributed by atoms with Crippen LogP contribution < -0.4 is 5.32 Å². The van der Waals surface area contributed by atoms with Crippen molar-refractivity contribution in [2.75, 3.05) is 26.1 Å². The molecule has 0 radical (unpaired) electrons. The van der Waals surface area contributed by atoms with E-state index in [9.17, 15) is 0 Å². The summed E-state index contributed by atoms with van der Waals surface area (Å²) in [4.78, 5) is 8.73. The zero-order valence-corrected chi connectivity index (χ0v) is 11.3. The van der Waals surface area contributed by atoms with Crippen LogP contribution in [-0.2, 0) is 16.1 Å². The average molecular weight is 251 g/mol. The molecule has 1 heterocycles. The van der Waals surface area contributed by atoms with Crippen molar-refractivity contribution in [1.82, 2.24) is 9.97 Å². The Labute approximate surface area is 108 Å². The molecule has 0 atom stereocenters. The molecule has 18 heavy (non-hydrogen) atoms. The maximum absolute atomic E-state index is 5.57. The number of aromatic nitrogens is 2. The number of methoxy groups -OCH3 is 2. The number of nitrogens with zero attached hydrogens (tertiary/aromatic N) is 2. The highest BCUT2D eigenvalue weighted by Gasteiger charge is 2.36. The van der Waals surface area contributed by atoms with Crippen LogP contribution in [0.25, 0.3) is 0 Å². The van der Waals surface area contributed by atoms with E-state index in [2.05, 4.69) is 15.3 Å². The molecule has 0 amide bonds. The fourth-order valence-electron chi connectivity index (χ4n) is 2.19. The molecule has 1 fully saturated rings. The maximum Gasteiger partial charge on any atom is 0.156 e. The topological polar surface area (TPSA) is 56.3 Å². The van der Waals surface area contributed by atoms with E-state index in [0.717, 1.165) is 30.9 Å². The lowest BCUT2D eigenvalue weighted by atomic mass is 9.80. The lowest BCUT2D eigenvalue weighted by Gasteiger charge is -2.40. The lowest BCUT2D eigenvalue weighted by molar-refractivity contribution is -0.0601. The van der Waals surface area contributed by atoms with Crippen LogP contribution in [0.5, 0.6) is 0 Å². The summed E-state index contributed by atoms with van der Waals surface area (Å²) < 4.78 is 10.6. The second-order valence-corrected chi connectivity index (χ2v) is 4.84. The van der Waals surface area contributed by atoms with Gasteiger partial charge in [0.15, 0.2) is 5.82 Å². The van der Waals surface area contributed by atoms with Crippen LogP contribution >= 0.6 is 0 Å². The SMILES string of the molecule is COCc1nc(C)cc(NCC2(OC)CCC2)n1.